The molecular formula is C18H26N2O4. The number of ether oxygens (including phenoxy) is 1. The van der Waals surface area contributed by atoms with Gasteiger partial charge in [0.05, 0.1) is 18.3 Å². The molecule has 1 amide bonds. The van der Waals surface area contributed by atoms with E-state index in [-0.39, 0.29) is 18.0 Å². The zero-order chi connectivity index (χ0) is 17.5. The predicted octanol–water partition coefficient (Wildman–Crippen LogP) is 2.21. The first-order valence-corrected chi connectivity index (χ1v) is 8.48. The van der Waals surface area contributed by atoms with E-state index < -0.39 is 0 Å². The largest absolute Gasteiger partial charge is 0.462 e. The third-order valence-electron chi connectivity index (χ3n) is 4.20. The molecule has 0 radical (unpaired) electrons. The molecule has 6 heteroatoms. The van der Waals surface area contributed by atoms with Gasteiger partial charge in [0.2, 0.25) is 5.91 Å². The molecule has 0 unspecified atom stereocenters. The number of amides is 1. The molecule has 1 saturated carbocycles. The maximum atomic E-state index is 11.9. The Bertz CT molecular complexity index is 580. The van der Waals surface area contributed by atoms with Crippen LogP contribution in [0.3, 0.4) is 0 Å². The van der Waals surface area contributed by atoms with E-state index in [1.807, 2.05) is 0 Å². The lowest BCUT2D eigenvalue weighted by molar-refractivity contribution is -0.114. The van der Waals surface area contributed by atoms with Crippen molar-refractivity contribution in [3.05, 3.63) is 29.3 Å². The highest BCUT2D eigenvalue weighted by Crippen LogP contribution is 2.22. The van der Waals surface area contributed by atoms with Gasteiger partial charge in [0.15, 0.2) is 0 Å². The summed E-state index contributed by atoms with van der Waals surface area (Å²) in [6.07, 6.45) is 3.27. The van der Waals surface area contributed by atoms with Crippen molar-refractivity contribution in [1.82, 2.24) is 5.32 Å². The van der Waals surface area contributed by atoms with Crippen molar-refractivity contribution >= 4 is 17.6 Å². The van der Waals surface area contributed by atoms with E-state index >= 15 is 0 Å². The summed E-state index contributed by atoms with van der Waals surface area (Å²) in [5, 5.41) is 15.8. The quantitative estimate of drug-likeness (QED) is 0.694. The van der Waals surface area contributed by atoms with Gasteiger partial charge in [-0.1, -0.05) is 0 Å². The van der Waals surface area contributed by atoms with Gasteiger partial charge >= 0.3 is 5.97 Å². The van der Waals surface area contributed by atoms with Gasteiger partial charge < -0.3 is 20.5 Å². The summed E-state index contributed by atoms with van der Waals surface area (Å²) in [4.78, 5) is 23.3. The SMILES string of the molecule is CCOC(=O)c1ccc(NC(C)=O)c(CNC2CCC(O)CC2)c1. The molecule has 0 aromatic heterocycles. The smallest absolute Gasteiger partial charge is 0.338 e. The molecule has 1 aliphatic carbocycles. The van der Waals surface area contributed by atoms with E-state index in [0.29, 0.717) is 30.4 Å². The van der Waals surface area contributed by atoms with Gasteiger partial charge in [-0.3, -0.25) is 4.79 Å². The molecule has 3 N–H and O–H groups in total. The van der Waals surface area contributed by atoms with E-state index in [0.717, 1.165) is 31.2 Å². The Morgan fingerprint density at radius 1 is 1.25 bits per heavy atom. The number of esters is 1. The normalized spacial score (nSPS) is 20.5. The number of hydrogen-bond acceptors (Lipinski definition) is 5. The second-order valence-corrected chi connectivity index (χ2v) is 6.16. The second-order valence-electron chi connectivity index (χ2n) is 6.16. The van der Waals surface area contributed by atoms with Crippen LogP contribution in [0.5, 0.6) is 0 Å². The van der Waals surface area contributed by atoms with Gasteiger partial charge in [-0.05, 0) is 56.4 Å². The maximum absolute atomic E-state index is 11.9. The van der Waals surface area contributed by atoms with E-state index in [9.17, 15) is 14.7 Å². The summed E-state index contributed by atoms with van der Waals surface area (Å²) >= 11 is 0. The summed E-state index contributed by atoms with van der Waals surface area (Å²) in [6.45, 7) is 4.09. The van der Waals surface area contributed by atoms with Crippen LogP contribution in [-0.4, -0.2) is 35.7 Å². The van der Waals surface area contributed by atoms with Crippen LogP contribution in [0.2, 0.25) is 0 Å². The van der Waals surface area contributed by atoms with Crippen molar-refractivity contribution in [3.63, 3.8) is 0 Å². The number of hydrogen-bond donors (Lipinski definition) is 3. The lowest BCUT2D eigenvalue weighted by atomic mass is 9.93. The predicted molar refractivity (Wildman–Crippen MR) is 91.8 cm³/mol. The first kappa shape index (κ1) is 18.4. The Balaban J connectivity index is 2.09. The third kappa shape index (κ3) is 5.32. The highest BCUT2D eigenvalue weighted by Gasteiger charge is 2.19. The number of anilines is 1. The van der Waals surface area contributed by atoms with Crippen molar-refractivity contribution < 1.29 is 19.4 Å². The van der Waals surface area contributed by atoms with Crippen molar-refractivity contribution in [2.45, 2.75) is 58.2 Å². The average Bonchev–Trinajstić information content (AvgIpc) is 2.55. The molecule has 1 aromatic rings. The summed E-state index contributed by atoms with van der Waals surface area (Å²) in [7, 11) is 0. The van der Waals surface area contributed by atoms with E-state index in [1.54, 1.807) is 25.1 Å². The number of aliphatic hydroxyl groups is 1. The molecule has 0 aliphatic heterocycles. The first-order valence-electron chi connectivity index (χ1n) is 8.48. The summed E-state index contributed by atoms with van der Waals surface area (Å²) in [6, 6.07) is 5.48. The fraction of sp³-hybridized carbons (Fsp3) is 0.556. The van der Waals surface area contributed by atoms with Gasteiger partial charge in [0.25, 0.3) is 0 Å². The molecule has 1 aromatic carbocycles. The molecule has 0 atom stereocenters. The number of rotatable bonds is 6. The monoisotopic (exact) mass is 334 g/mol. The Morgan fingerprint density at radius 2 is 1.96 bits per heavy atom. The number of benzene rings is 1. The van der Waals surface area contributed by atoms with Crippen molar-refractivity contribution in [2.24, 2.45) is 0 Å². The number of aliphatic hydroxyl groups excluding tert-OH is 1. The molecule has 1 aliphatic rings. The van der Waals surface area contributed by atoms with Crippen LogP contribution < -0.4 is 10.6 Å². The number of nitrogens with one attached hydrogen (secondary N) is 2. The van der Waals surface area contributed by atoms with Crippen LogP contribution in [0.25, 0.3) is 0 Å². The average molecular weight is 334 g/mol. The van der Waals surface area contributed by atoms with Gasteiger partial charge in [-0.2, -0.15) is 0 Å². The van der Waals surface area contributed by atoms with Crippen LogP contribution in [0.4, 0.5) is 5.69 Å². The minimum Gasteiger partial charge on any atom is -0.462 e. The van der Waals surface area contributed by atoms with Crippen molar-refractivity contribution in [1.29, 1.82) is 0 Å². The van der Waals surface area contributed by atoms with Gasteiger partial charge in [-0.25, -0.2) is 4.79 Å². The Hall–Kier alpha value is -1.92. The molecule has 0 bridgehead atoms. The zero-order valence-electron chi connectivity index (χ0n) is 14.3. The minimum absolute atomic E-state index is 0.152. The maximum Gasteiger partial charge on any atom is 0.338 e. The van der Waals surface area contributed by atoms with Crippen LogP contribution in [0.1, 0.15) is 55.5 Å². The number of carbonyl (C=O) groups excluding carboxylic acids is 2. The Kier molecular flexibility index (Phi) is 6.75. The second kappa shape index (κ2) is 8.80. The molecule has 0 spiro atoms. The molecule has 24 heavy (non-hydrogen) atoms. The number of carbonyl (C=O) groups is 2. The fourth-order valence-electron chi connectivity index (χ4n) is 2.93. The van der Waals surface area contributed by atoms with Gasteiger partial charge in [-0.15, -0.1) is 0 Å². The van der Waals surface area contributed by atoms with E-state index in [2.05, 4.69) is 10.6 Å². The molecule has 132 valence electrons. The molecular weight excluding hydrogens is 308 g/mol. The van der Waals surface area contributed by atoms with Crippen LogP contribution in [0.15, 0.2) is 18.2 Å². The van der Waals surface area contributed by atoms with Gasteiger partial charge in [0, 0.05) is 25.2 Å². The highest BCUT2D eigenvalue weighted by atomic mass is 16.5. The molecule has 2 rings (SSSR count). The van der Waals surface area contributed by atoms with Crippen molar-refractivity contribution in [3.8, 4) is 0 Å². The third-order valence-corrected chi connectivity index (χ3v) is 4.20. The van der Waals surface area contributed by atoms with Crippen LogP contribution in [-0.2, 0) is 16.1 Å². The first-order chi connectivity index (χ1) is 11.5. The Labute approximate surface area is 142 Å². The van der Waals surface area contributed by atoms with Crippen LogP contribution >= 0.6 is 0 Å². The van der Waals surface area contributed by atoms with Crippen molar-refractivity contribution in [2.75, 3.05) is 11.9 Å². The van der Waals surface area contributed by atoms with Gasteiger partial charge in [0.1, 0.15) is 0 Å². The summed E-state index contributed by atoms with van der Waals surface area (Å²) in [5.74, 6) is -0.519. The van der Waals surface area contributed by atoms with Crippen LogP contribution in [0, 0.1) is 0 Å². The standard InChI is InChI=1S/C18H26N2O4/c1-3-24-18(23)13-4-9-17(20-12(2)21)14(10-13)11-19-15-5-7-16(22)8-6-15/h4,9-10,15-16,19,22H,3,5-8,11H2,1-2H3,(H,20,21). The highest BCUT2D eigenvalue weighted by molar-refractivity contribution is 5.93. The summed E-state index contributed by atoms with van der Waals surface area (Å²) in [5.41, 5.74) is 2.02. The van der Waals surface area contributed by atoms with E-state index in [4.69, 9.17) is 4.74 Å². The zero-order valence-corrected chi connectivity index (χ0v) is 14.3. The molecule has 0 saturated heterocycles. The lowest BCUT2D eigenvalue weighted by Gasteiger charge is -2.26. The summed E-state index contributed by atoms with van der Waals surface area (Å²) < 4.78 is 5.04. The molecule has 6 nitrogen and oxygen atoms in total. The lowest BCUT2D eigenvalue weighted by Crippen LogP contribution is -2.34. The Morgan fingerprint density at radius 3 is 2.58 bits per heavy atom. The van der Waals surface area contributed by atoms with E-state index in [1.165, 1.54) is 6.92 Å². The molecule has 0 heterocycles. The minimum atomic E-state index is -0.367. The fourth-order valence-corrected chi connectivity index (χ4v) is 2.93. The topological polar surface area (TPSA) is 87.7 Å². The molecule has 1 fully saturated rings.